The quantitative estimate of drug-likeness (QED) is 0.728. The lowest BCUT2D eigenvalue weighted by Gasteiger charge is -2.19. The number of carbonyl (C=O) groups is 1. The fraction of sp³-hybridized carbons (Fsp3) is 0.350. The zero-order valence-electron chi connectivity index (χ0n) is 14.9. The predicted molar refractivity (Wildman–Crippen MR) is 99.5 cm³/mol. The second-order valence-electron chi connectivity index (χ2n) is 6.72. The van der Waals surface area contributed by atoms with Crippen LogP contribution in [-0.2, 0) is 0 Å². The number of amides is 2. The highest BCUT2D eigenvalue weighted by Gasteiger charge is 2.23. The maximum Gasteiger partial charge on any atom is 0.314 e. The Morgan fingerprint density at radius 2 is 1.93 bits per heavy atom. The summed E-state index contributed by atoms with van der Waals surface area (Å²) in [5, 5.41) is 15.3. The third-order valence-corrected chi connectivity index (χ3v) is 4.74. The molecule has 2 atom stereocenters. The van der Waals surface area contributed by atoms with Gasteiger partial charge in [-0.15, -0.1) is 0 Å². The van der Waals surface area contributed by atoms with Gasteiger partial charge in [0.2, 0.25) is 0 Å². The van der Waals surface area contributed by atoms with Gasteiger partial charge in [0, 0.05) is 31.9 Å². The number of aliphatic hydroxyl groups excluding tert-OH is 1. The second kappa shape index (κ2) is 8.81. The van der Waals surface area contributed by atoms with Crippen molar-refractivity contribution in [2.75, 3.05) is 31.1 Å². The summed E-state index contributed by atoms with van der Waals surface area (Å²) >= 11 is 0. The molecule has 1 aliphatic rings. The van der Waals surface area contributed by atoms with Gasteiger partial charge in [-0.3, -0.25) is 0 Å². The van der Waals surface area contributed by atoms with Crippen LogP contribution in [0.2, 0.25) is 0 Å². The molecule has 0 unspecified atom stereocenters. The maximum absolute atomic E-state index is 13.2. The molecule has 0 saturated carbocycles. The molecule has 0 aliphatic carbocycles. The van der Waals surface area contributed by atoms with Crippen molar-refractivity contribution in [3.63, 3.8) is 0 Å². The van der Waals surface area contributed by atoms with E-state index in [1.807, 2.05) is 18.2 Å². The summed E-state index contributed by atoms with van der Waals surface area (Å²) in [6, 6.07) is 12.9. The molecule has 2 amide bonds. The van der Waals surface area contributed by atoms with Crippen LogP contribution in [-0.4, -0.2) is 37.3 Å². The Hall–Kier alpha value is -2.67. The SMILES string of the molecule is O=C(NC[C@H]1CCN(c2ccccc2)C1)NC[C@@H](O)c1ccc(F)c(F)c1. The van der Waals surface area contributed by atoms with Gasteiger partial charge < -0.3 is 20.6 Å². The third-order valence-electron chi connectivity index (χ3n) is 4.74. The van der Waals surface area contributed by atoms with Crippen LogP contribution in [0.3, 0.4) is 0 Å². The van der Waals surface area contributed by atoms with Crippen molar-refractivity contribution in [3.05, 3.63) is 65.7 Å². The first kappa shape index (κ1) is 19.1. The van der Waals surface area contributed by atoms with E-state index in [1.54, 1.807) is 0 Å². The summed E-state index contributed by atoms with van der Waals surface area (Å²) in [5.41, 5.74) is 1.39. The smallest absolute Gasteiger partial charge is 0.314 e. The van der Waals surface area contributed by atoms with Crippen LogP contribution in [0.25, 0.3) is 0 Å². The zero-order chi connectivity index (χ0) is 19.2. The molecule has 2 aromatic carbocycles. The number of hydrogen-bond donors (Lipinski definition) is 3. The number of benzene rings is 2. The van der Waals surface area contributed by atoms with Crippen LogP contribution >= 0.6 is 0 Å². The Morgan fingerprint density at radius 3 is 2.67 bits per heavy atom. The minimum absolute atomic E-state index is 0.0856. The van der Waals surface area contributed by atoms with Crippen LogP contribution in [0, 0.1) is 17.6 Å². The van der Waals surface area contributed by atoms with E-state index in [0.29, 0.717) is 12.5 Å². The molecule has 27 heavy (non-hydrogen) atoms. The van der Waals surface area contributed by atoms with E-state index in [2.05, 4.69) is 27.7 Å². The zero-order valence-corrected chi connectivity index (χ0v) is 14.9. The number of aliphatic hydroxyl groups is 1. The molecular formula is C20H23F2N3O2. The molecule has 1 heterocycles. The average molecular weight is 375 g/mol. The molecule has 0 radical (unpaired) electrons. The van der Waals surface area contributed by atoms with E-state index < -0.39 is 23.8 Å². The van der Waals surface area contributed by atoms with E-state index in [1.165, 1.54) is 11.8 Å². The molecule has 0 spiro atoms. The van der Waals surface area contributed by atoms with Crippen LogP contribution in [0.15, 0.2) is 48.5 Å². The average Bonchev–Trinajstić information content (AvgIpc) is 3.16. The van der Waals surface area contributed by atoms with Crippen LogP contribution < -0.4 is 15.5 Å². The predicted octanol–water partition coefficient (Wildman–Crippen LogP) is 2.82. The van der Waals surface area contributed by atoms with Gasteiger partial charge in [-0.05, 0) is 42.2 Å². The number of nitrogens with one attached hydrogen (secondary N) is 2. The summed E-state index contributed by atoms with van der Waals surface area (Å²) in [5.74, 6) is -1.65. The first-order valence-electron chi connectivity index (χ1n) is 8.97. The van der Waals surface area contributed by atoms with E-state index >= 15 is 0 Å². The molecule has 1 aliphatic heterocycles. The van der Waals surface area contributed by atoms with E-state index in [-0.39, 0.29) is 12.1 Å². The lowest BCUT2D eigenvalue weighted by atomic mass is 10.1. The van der Waals surface area contributed by atoms with E-state index in [0.717, 1.165) is 31.6 Å². The van der Waals surface area contributed by atoms with Crippen molar-refractivity contribution in [1.82, 2.24) is 10.6 Å². The van der Waals surface area contributed by atoms with Crippen molar-refractivity contribution in [1.29, 1.82) is 0 Å². The van der Waals surface area contributed by atoms with Crippen molar-refractivity contribution < 1.29 is 18.7 Å². The minimum atomic E-state index is -1.11. The van der Waals surface area contributed by atoms with E-state index in [4.69, 9.17) is 0 Å². The summed E-state index contributed by atoms with van der Waals surface area (Å²) in [6.07, 6.45) is -0.113. The van der Waals surface area contributed by atoms with Crippen molar-refractivity contribution in [3.8, 4) is 0 Å². The summed E-state index contributed by atoms with van der Waals surface area (Å²) in [4.78, 5) is 14.2. The molecule has 1 fully saturated rings. The van der Waals surface area contributed by atoms with E-state index in [9.17, 15) is 18.7 Å². The molecule has 1 saturated heterocycles. The Bertz CT molecular complexity index is 773. The Morgan fingerprint density at radius 1 is 1.15 bits per heavy atom. The normalized spacial score (nSPS) is 17.6. The largest absolute Gasteiger partial charge is 0.387 e. The highest BCUT2D eigenvalue weighted by atomic mass is 19.2. The summed E-state index contributed by atoms with van der Waals surface area (Å²) < 4.78 is 26.1. The molecular weight excluding hydrogens is 352 g/mol. The highest BCUT2D eigenvalue weighted by Crippen LogP contribution is 2.23. The van der Waals surface area contributed by atoms with Gasteiger partial charge in [-0.1, -0.05) is 24.3 Å². The van der Waals surface area contributed by atoms with Gasteiger partial charge in [0.05, 0.1) is 6.10 Å². The molecule has 5 nitrogen and oxygen atoms in total. The lowest BCUT2D eigenvalue weighted by molar-refractivity contribution is 0.172. The molecule has 3 N–H and O–H groups in total. The molecule has 0 bridgehead atoms. The molecule has 3 rings (SSSR count). The number of halogens is 2. The van der Waals surface area contributed by atoms with Crippen LogP contribution in [0.1, 0.15) is 18.1 Å². The molecule has 0 aromatic heterocycles. The fourth-order valence-electron chi connectivity index (χ4n) is 3.20. The van der Waals surface area contributed by atoms with Gasteiger partial charge in [0.25, 0.3) is 0 Å². The second-order valence-corrected chi connectivity index (χ2v) is 6.72. The van der Waals surface area contributed by atoms with Crippen molar-refractivity contribution in [2.24, 2.45) is 5.92 Å². The Balaban J connectivity index is 1.39. The summed E-state index contributed by atoms with van der Waals surface area (Å²) in [7, 11) is 0. The maximum atomic E-state index is 13.2. The van der Waals surface area contributed by atoms with Crippen LogP contribution in [0.5, 0.6) is 0 Å². The molecule has 144 valence electrons. The first-order chi connectivity index (χ1) is 13.0. The Labute approximate surface area is 157 Å². The van der Waals surface area contributed by atoms with Crippen LogP contribution in [0.4, 0.5) is 19.3 Å². The fourth-order valence-corrected chi connectivity index (χ4v) is 3.20. The first-order valence-corrected chi connectivity index (χ1v) is 8.97. The van der Waals surface area contributed by atoms with Crippen molar-refractivity contribution >= 4 is 11.7 Å². The molecule has 2 aromatic rings. The van der Waals surface area contributed by atoms with Gasteiger partial charge in [-0.25, -0.2) is 13.6 Å². The number of carbonyl (C=O) groups excluding carboxylic acids is 1. The van der Waals surface area contributed by atoms with Gasteiger partial charge in [0.15, 0.2) is 11.6 Å². The molecule has 7 heteroatoms. The summed E-state index contributed by atoms with van der Waals surface area (Å²) in [6.45, 7) is 2.28. The Kier molecular flexibility index (Phi) is 6.24. The lowest BCUT2D eigenvalue weighted by Crippen LogP contribution is -2.40. The number of nitrogens with zero attached hydrogens (tertiary/aromatic N) is 1. The topological polar surface area (TPSA) is 64.6 Å². The number of hydrogen-bond acceptors (Lipinski definition) is 3. The minimum Gasteiger partial charge on any atom is -0.387 e. The number of urea groups is 1. The number of rotatable bonds is 6. The monoisotopic (exact) mass is 375 g/mol. The number of para-hydroxylation sites is 1. The van der Waals surface area contributed by atoms with Gasteiger partial charge >= 0.3 is 6.03 Å². The standard InChI is InChI=1S/C20H23F2N3O2/c21-17-7-6-15(10-18(17)22)19(26)12-24-20(27)23-11-14-8-9-25(13-14)16-4-2-1-3-5-16/h1-7,10,14,19,26H,8-9,11-13H2,(H2,23,24,27)/t14-,19-/m1/s1. The van der Waals surface area contributed by atoms with Gasteiger partial charge in [-0.2, -0.15) is 0 Å². The van der Waals surface area contributed by atoms with Gasteiger partial charge in [0.1, 0.15) is 0 Å². The van der Waals surface area contributed by atoms with Crippen molar-refractivity contribution in [2.45, 2.75) is 12.5 Å². The highest BCUT2D eigenvalue weighted by molar-refractivity contribution is 5.73. The number of anilines is 1. The third kappa shape index (κ3) is 5.17.